The summed E-state index contributed by atoms with van der Waals surface area (Å²) in [6, 6.07) is 0. The van der Waals surface area contributed by atoms with Crippen LogP contribution in [0.25, 0.3) is 0 Å². The molecule has 0 aliphatic carbocycles. The summed E-state index contributed by atoms with van der Waals surface area (Å²) in [5, 5.41) is 0. The van der Waals surface area contributed by atoms with E-state index in [-0.39, 0.29) is 0 Å². The van der Waals surface area contributed by atoms with Crippen LogP contribution < -0.4 is 0 Å². The molecule has 0 aliphatic rings. The summed E-state index contributed by atoms with van der Waals surface area (Å²) in [5.74, 6) is 3.27. The van der Waals surface area contributed by atoms with Gasteiger partial charge in [0.2, 0.25) is 0 Å². The van der Waals surface area contributed by atoms with E-state index in [1.807, 2.05) is 0 Å². The molecule has 0 aromatic heterocycles. The van der Waals surface area contributed by atoms with Gasteiger partial charge in [-0.25, -0.2) is 0 Å². The normalized spacial score (nSPS) is 35.9. The molecule has 50 valence electrons. The van der Waals surface area contributed by atoms with Gasteiger partial charge in [0.1, 0.15) is 0 Å². The molecule has 8 heavy (non-hydrogen) atoms. The van der Waals surface area contributed by atoms with Gasteiger partial charge in [0, 0.05) is 0 Å². The molecule has 0 N–H and O–H groups in total. The fourth-order valence-electron chi connectivity index (χ4n) is 0.289. The second kappa shape index (κ2) is 3.72. The number of rotatable bonds is 2. The van der Waals surface area contributed by atoms with Crippen molar-refractivity contribution in [3.05, 3.63) is 0 Å². The van der Waals surface area contributed by atoms with Crippen LogP contribution in [-0.2, 0) is 0 Å². The molecule has 0 fully saturated rings. The molecule has 0 aromatic carbocycles. The molecule has 1 atom stereocenters. The molecular weight excluding hydrogens is 173 g/mol. The quantitative estimate of drug-likeness (QED) is 0.595. The minimum absolute atomic E-state index is 0.785. The van der Waals surface area contributed by atoms with E-state index in [0.29, 0.717) is 0 Å². The maximum absolute atomic E-state index is 8.03. The van der Waals surface area contributed by atoms with Gasteiger partial charge in [-0.1, -0.05) is 0 Å². The zero-order valence-corrected chi connectivity index (χ0v) is 8.68. The van der Waals surface area contributed by atoms with Crippen LogP contribution in [0.15, 0.2) is 0 Å². The Kier molecular flexibility index (Phi) is 0.988. The van der Waals surface area contributed by atoms with Crippen molar-refractivity contribution in [3.63, 3.8) is 0 Å². The summed E-state index contributed by atoms with van der Waals surface area (Å²) < 4.78 is 59.3. The molecule has 0 saturated carbocycles. The predicted molar refractivity (Wildman–Crippen MR) is 47.2 cm³/mol. The van der Waals surface area contributed by atoms with Crippen LogP contribution in [0, 0.1) is 0 Å². The van der Waals surface area contributed by atoms with Gasteiger partial charge in [0.15, 0.2) is 0 Å². The van der Waals surface area contributed by atoms with Gasteiger partial charge >= 0.3 is 69.1 Å². The average molecular weight is 199 g/mol. The maximum atomic E-state index is 8.03. The molecule has 0 rings (SSSR count). The fraction of sp³-hybridized carbons (Fsp3) is 1.00. The molecule has 0 spiro atoms. The van der Waals surface area contributed by atoms with Gasteiger partial charge in [0.25, 0.3) is 0 Å². The van der Waals surface area contributed by atoms with Crippen molar-refractivity contribution in [1.82, 2.24) is 0 Å². The van der Waals surface area contributed by atoms with Crippen LogP contribution in [0.1, 0.15) is 15.1 Å². The summed E-state index contributed by atoms with van der Waals surface area (Å²) in [5.41, 5.74) is 0. The molecule has 0 aromatic rings. The Bertz CT molecular complexity index is 237. The van der Waals surface area contributed by atoms with Crippen molar-refractivity contribution in [3.8, 4) is 0 Å². The van der Waals surface area contributed by atoms with E-state index >= 15 is 0 Å². The molecule has 0 amide bonds. The van der Waals surface area contributed by atoms with E-state index < -0.39 is 40.3 Å². The summed E-state index contributed by atoms with van der Waals surface area (Å²) in [6.07, 6.45) is 0. The zero-order valence-electron chi connectivity index (χ0n) is 13.6. The average Bonchev–Trinajstić information content (AvgIpc) is 1.95. The first-order valence-electron chi connectivity index (χ1n) is 6.65. The first-order chi connectivity index (χ1) is 6.65. The van der Waals surface area contributed by atoms with Gasteiger partial charge in [-0.3, -0.25) is 0 Å². The van der Waals surface area contributed by atoms with Gasteiger partial charge in [-0.05, 0) is 0 Å². The standard InChI is InChI=1S/C6H18GeSi/c1-6(7(2)3)8(4)5/h6-8H,1-5H3/i4D3,5D3,7D,8D. The fourth-order valence-corrected chi connectivity index (χ4v) is 4.50. The zero-order chi connectivity index (χ0) is 13.6. The summed E-state index contributed by atoms with van der Waals surface area (Å²) in [6.45, 7) is -4.05. The van der Waals surface area contributed by atoms with E-state index in [4.69, 9.17) is 10.4 Å². The van der Waals surface area contributed by atoms with Crippen molar-refractivity contribution in [1.29, 1.82) is 2.16 Å². The third-order valence-corrected chi connectivity index (χ3v) is 10.6. The molecule has 0 heterocycles. The van der Waals surface area contributed by atoms with Crippen LogP contribution in [0.5, 0.6) is 0 Å². The van der Waals surface area contributed by atoms with Crippen LogP contribution in [0.3, 0.4) is 0 Å². The number of hydrogen-bond acceptors (Lipinski definition) is 0. The van der Waals surface area contributed by atoms with Crippen molar-refractivity contribution in [2.75, 3.05) is 0 Å². The summed E-state index contributed by atoms with van der Waals surface area (Å²) >= 11 is -3.23. The van der Waals surface area contributed by atoms with E-state index in [1.54, 1.807) is 11.5 Å². The molecule has 2 heteroatoms. The van der Waals surface area contributed by atoms with Crippen molar-refractivity contribution >= 4 is 22.9 Å². The predicted octanol–water partition coefficient (Wildman–Crippen LogP) is 1.89. The second-order valence-electron chi connectivity index (χ2n) is 2.21. The van der Waals surface area contributed by atoms with E-state index in [1.165, 1.54) is 6.92 Å². The molecule has 1 unspecified atom stereocenters. The van der Waals surface area contributed by atoms with E-state index in [9.17, 15) is 0 Å². The molecule has 0 radical (unpaired) electrons. The van der Waals surface area contributed by atoms with Gasteiger partial charge in [-0.2, -0.15) is 0 Å². The van der Waals surface area contributed by atoms with Crippen molar-refractivity contribution in [2.24, 2.45) is 0 Å². The van der Waals surface area contributed by atoms with Crippen LogP contribution in [-0.4, -0.2) is 25.1 Å². The number of hydrogen-bond donors (Lipinski definition) is 0. The third kappa shape index (κ3) is 2.92. The monoisotopic (exact) mass is 200 g/mol. The van der Waals surface area contributed by atoms with Crippen LogP contribution in [0.4, 0.5) is 0 Å². The third-order valence-electron chi connectivity index (χ3n) is 1.30. The first-order valence-corrected chi connectivity index (χ1v) is 9.64. The Hall–Kier alpha value is 0.760. The van der Waals surface area contributed by atoms with E-state index in [2.05, 4.69) is 0 Å². The topological polar surface area (TPSA) is 0 Å². The molecular formula is C6H18GeSi. The van der Waals surface area contributed by atoms with Gasteiger partial charge < -0.3 is 0 Å². The second-order valence-corrected chi connectivity index (χ2v) is 11.5. The molecule has 0 nitrogen and oxygen atoms in total. The molecule has 0 aliphatic heterocycles. The Balaban J connectivity index is 5.63. The van der Waals surface area contributed by atoms with Gasteiger partial charge in [0.05, 0.1) is 0 Å². The first kappa shape index (κ1) is 2.12. The Morgan fingerprint density at radius 3 is 2.38 bits per heavy atom. The Morgan fingerprint density at radius 1 is 1.75 bits per heavy atom. The Labute approximate surface area is 69.9 Å². The molecule has 0 bridgehead atoms. The van der Waals surface area contributed by atoms with Crippen molar-refractivity contribution < 1.29 is 8.22 Å². The van der Waals surface area contributed by atoms with Crippen molar-refractivity contribution in [2.45, 2.75) is 35.8 Å². The van der Waals surface area contributed by atoms with Gasteiger partial charge in [-0.15, -0.1) is 0 Å². The van der Waals surface area contributed by atoms with E-state index in [0.717, 1.165) is 0 Å². The minimum atomic E-state index is -4.25. The van der Waals surface area contributed by atoms with Crippen LogP contribution in [0.2, 0.25) is 28.8 Å². The SMILES string of the molecule is [2H]C([2H])([2H])[Si]([2H])([CH](C)[Ge]([2H])([CH3])[CH3])C([2H])([2H])[2H]. The molecule has 0 saturated heterocycles. The Morgan fingerprint density at radius 2 is 2.25 bits per heavy atom. The summed E-state index contributed by atoms with van der Waals surface area (Å²) in [7, 11) is -4.25. The summed E-state index contributed by atoms with van der Waals surface area (Å²) in [4.78, 5) is 0. The van der Waals surface area contributed by atoms with Crippen LogP contribution >= 0.6 is 0 Å².